The molecule has 1 aromatic heterocycles. The second kappa shape index (κ2) is 4.97. The molecule has 1 rings (SSSR count). The van der Waals surface area contributed by atoms with Gasteiger partial charge in [0.15, 0.2) is 0 Å². The van der Waals surface area contributed by atoms with Gasteiger partial charge in [0.05, 0.1) is 6.54 Å². The summed E-state index contributed by atoms with van der Waals surface area (Å²) >= 11 is 1.04. The van der Waals surface area contributed by atoms with Crippen LogP contribution in [0, 0.1) is 0 Å². The zero-order valence-corrected chi connectivity index (χ0v) is 8.45. The number of nitrogens with two attached hydrogens (primary N) is 1. The van der Waals surface area contributed by atoms with Crippen LogP contribution in [0.3, 0.4) is 0 Å². The smallest absolute Gasteiger partial charge is 0.317 e. The Balaban J connectivity index is 2.62. The van der Waals surface area contributed by atoms with Gasteiger partial charge in [0.1, 0.15) is 5.25 Å². The first kappa shape index (κ1) is 11.0. The van der Waals surface area contributed by atoms with Gasteiger partial charge in [0.25, 0.3) is 5.22 Å². The number of rotatable bonds is 5. The van der Waals surface area contributed by atoms with Crippen molar-refractivity contribution in [2.24, 2.45) is 5.73 Å². The predicted molar refractivity (Wildman–Crippen MR) is 49.8 cm³/mol. The number of hydrogen-bond donors (Lipinski definition) is 2. The van der Waals surface area contributed by atoms with Crippen LogP contribution in [-0.2, 0) is 11.3 Å². The topological polar surface area (TPSA) is 102 Å². The highest BCUT2D eigenvalue weighted by molar-refractivity contribution is 8.00. The summed E-state index contributed by atoms with van der Waals surface area (Å²) in [5.41, 5.74) is 5.26. The highest BCUT2D eigenvalue weighted by Gasteiger charge is 2.19. The number of carboxylic acids is 1. The fraction of sp³-hybridized carbons (Fsp3) is 0.571. The van der Waals surface area contributed by atoms with Gasteiger partial charge in [-0.2, -0.15) is 0 Å². The Bertz CT molecular complexity index is 315. The molecule has 0 bridgehead atoms. The molecule has 0 spiro atoms. The van der Waals surface area contributed by atoms with E-state index < -0.39 is 11.2 Å². The third-order valence-corrected chi connectivity index (χ3v) is 2.70. The Kier molecular flexibility index (Phi) is 3.90. The van der Waals surface area contributed by atoms with Crippen molar-refractivity contribution in [3.05, 3.63) is 5.89 Å². The molecule has 0 aromatic carbocycles. The lowest BCUT2D eigenvalue weighted by atomic mass is 10.3. The van der Waals surface area contributed by atoms with Gasteiger partial charge < -0.3 is 15.3 Å². The molecule has 0 saturated heterocycles. The lowest BCUT2D eigenvalue weighted by molar-refractivity contribution is -0.136. The molecule has 1 heterocycles. The van der Waals surface area contributed by atoms with Crippen molar-refractivity contribution in [1.82, 2.24) is 10.2 Å². The average molecular weight is 217 g/mol. The van der Waals surface area contributed by atoms with Gasteiger partial charge in [0, 0.05) is 0 Å². The number of aromatic nitrogens is 2. The Morgan fingerprint density at radius 2 is 2.43 bits per heavy atom. The highest BCUT2D eigenvalue weighted by Crippen LogP contribution is 2.23. The zero-order chi connectivity index (χ0) is 10.6. The monoisotopic (exact) mass is 217 g/mol. The maximum absolute atomic E-state index is 10.7. The molecule has 0 aliphatic carbocycles. The third-order valence-electron chi connectivity index (χ3n) is 1.51. The van der Waals surface area contributed by atoms with Crippen molar-refractivity contribution < 1.29 is 14.3 Å². The van der Waals surface area contributed by atoms with Crippen LogP contribution < -0.4 is 5.73 Å². The summed E-state index contributed by atoms with van der Waals surface area (Å²) in [6, 6.07) is 0. The molecule has 0 radical (unpaired) electrons. The highest BCUT2D eigenvalue weighted by atomic mass is 32.2. The maximum Gasteiger partial charge on any atom is 0.317 e. The molecule has 6 nitrogen and oxygen atoms in total. The van der Waals surface area contributed by atoms with Gasteiger partial charge in [-0.3, -0.25) is 4.79 Å². The Morgan fingerprint density at radius 1 is 1.71 bits per heavy atom. The van der Waals surface area contributed by atoms with E-state index >= 15 is 0 Å². The minimum Gasteiger partial charge on any atom is -0.480 e. The summed E-state index contributed by atoms with van der Waals surface area (Å²) in [6.07, 6.45) is 0.500. The van der Waals surface area contributed by atoms with Crippen molar-refractivity contribution in [2.45, 2.75) is 30.4 Å². The van der Waals surface area contributed by atoms with E-state index in [0.29, 0.717) is 12.3 Å². The molecule has 3 N–H and O–H groups in total. The van der Waals surface area contributed by atoms with Gasteiger partial charge in [-0.05, 0) is 6.42 Å². The fourth-order valence-electron chi connectivity index (χ4n) is 0.798. The number of nitrogens with zero attached hydrogens (tertiary/aromatic N) is 2. The van der Waals surface area contributed by atoms with E-state index in [4.69, 9.17) is 15.3 Å². The SMILES string of the molecule is CCC(Sc1nnc(CN)o1)C(=O)O. The van der Waals surface area contributed by atoms with Crippen molar-refractivity contribution in [3.63, 3.8) is 0 Å². The van der Waals surface area contributed by atoms with Crippen molar-refractivity contribution in [2.75, 3.05) is 0 Å². The molecule has 1 atom stereocenters. The molecule has 0 aliphatic heterocycles. The maximum atomic E-state index is 10.7. The van der Waals surface area contributed by atoms with Gasteiger partial charge in [-0.25, -0.2) is 0 Å². The van der Waals surface area contributed by atoms with E-state index in [0.717, 1.165) is 11.8 Å². The first-order valence-electron chi connectivity index (χ1n) is 4.09. The molecule has 7 heteroatoms. The summed E-state index contributed by atoms with van der Waals surface area (Å²) in [5, 5.41) is 15.7. The first-order valence-corrected chi connectivity index (χ1v) is 4.97. The van der Waals surface area contributed by atoms with Crippen molar-refractivity contribution >= 4 is 17.7 Å². The van der Waals surface area contributed by atoms with Crippen molar-refractivity contribution in [1.29, 1.82) is 0 Å². The normalized spacial score (nSPS) is 12.7. The third kappa shape index (κ3) is 2.71. The Labute approximate surface area is 84.9 Å². The standard InChI is InChI=1S/C7H11N3O3S/c1-2-4(6(11)12)14-7-10-9-5(3-8)13-7/h4H,2-3,8H2,1H3,(H,11,12). The average Bonchev–Trinajstić information content (AvgIpc) is 2.61. The van der Waals surface area contributed by atoms with E-state index in [1.54, 1.807) is 6.92 Å². The van der Waals surface area contributed by atoms with E-state index in [-0.39, 0.29) is 11.8 Å². The fourth-order valence-corrected chi connectivity index (χ4v) is 1.54. The lowest BCUT2D eigenvalue weighted by Gasteiger charge is -2.04. The van der Waals surface area contributed by atoms with Gasteiger partial charge in [0.2, 0.25) is 5.89 Å². The number of hydrogen-bond acceptors (Lipinski definition) is 6. The van der Waals surface area contributed by atoms with E-state index in [9.17, 15) is 4.79 Å². The summed E-state index contributed by atoms with van der Waals surface area (Å²) in [4.78, 5) is 10.7. The minimum atomic E-state index is -0.884. The van der Waals surface area contributed by atoms with Crippen LogP contribution in [0.1, 0.15) is 19.2 Å². The van der Waals surface area contributed by atoms with Crippen LogP contribution in [0.4, 0.5) is 0 Å². The molecule has 14 heavy (non-hydrogen) atoms. The quantitative estimate of drug-likeness (QED) is 0.691. The van der Waals surface area contributed by atoms with Gasteiger partial charge in [-0.15, -0.1) is 10.2 Å². The number of carbonyl (C=O) groups is 1. The first-order chi connectivity index (χ1) is 6.67. The summed E-state index contributed by atoms with van der Waals surface area (Å²) < 4.78 is 5.07. The van der Waals surface area contributed by atoms with Crippen LogP contribution in [0.15, 0.2) is 9.64 Å². The molecule has 0 saturated carbocycles. The second-order valence-electron chi connectivity index (χ2n) is 2.52. The van der Waals surface area contributed by atoms with E-state index in [1.165, 1.54) is 0 Å². The largest absolute Gasteiger partial charge is 0.480 e. The molecule has 0 aliphatic rings. The minimum absolute atomic E-state index is 0.164. The van der Waals surface area contributed by atoms with Crippen LogP contribution in [-0.4, -0.2) is 26.5 Å². The molecule has 1 unspecified atom stereocenters. The Morgan fingerprint density at radius 3 is 2.86 bits per heavy atom. The molecule has 0 fully saturated rings. The molecule has 1 aromatic rings. The van der Waals surface area contributed by atoms with Crippen LogP contribution >= 0.6 is 11.8 Å². The number of aliphatic carboxylic acids is 1. The van der Waals surface area contributed by atoms with Gasteiger partial charge in [-0.1, -0.05) is 18.7 Å². The van der Waals surface area contributed by atoms with E-state index in [2.05, 4.69) is 10.2 Å². The number of carboxylic acid groups (broad SMARTS) is 1. The van der Waals surface area contributed by atoms with Gasteiger partial charge >= 0.3 is 5.97 Å². The van der Waals surface area contributed by atoms with Crippen LogP contribution in [0.2, 0.25) is 0 Å². The zero-order valence-electron chi connectivity index (χ0n) is 7.64. The summed E-state index contributed by atoms with van der Waals surface area (Å²) in [6.45, 7) is 1.95. The summed E-state index contributed by atoms with van der Waals surface area (Å²) in [5.74, 6) is -0.572. The molecular formula is C7H11N3O3S. The molecule has 0 amide bonds. The molecular weight excluding hydrogens is 206 g/mol. The second-order valence-corrected chi connectivity index (χ2v) is 3.67. The lowest BCUT2D eigenvalue weighted by Crippen LogP contribution is -2.14. The molecule has 78 valence electrons. The Hall–Kier alpha value is -1.08. The van der Waals surface area contributed by atoms with Crippen LogP contribution in [0.5, 0.6) is 0 Å². The number of thioether (sulfide) groups is 1. The summed E-state index contributed by atoms with van der Waals surface area (Å²) in [7, 11) is 0. The van der Waals surface area contributed by atoms with Crippen LogP contribution in [0.25, 0.3) is 0 Å². The van der Waals surface area contributed by atoms with Crippen molar-refractivity contribution in [3.8, 4) is 0 Å². The van der Waals surface area contributed by atoms with E-state index in [1.807, 2.05) is 0 Å². The predicted octanol–water partition coefficient (Wildman–Crippen LogP) is 0.484.